The predicted octanol–water partition coefficient (Wildman–Crippen LogP) is 3.56. The number of pyridine rings is 1. The van der Waals surface area contributed by atoms with Crippen molar-refractivity contribution in [3.8, 4) is 17.2 Å². The van der Waals surface area contributed by atoms with Crippen LogP contribution >= 0.6 is 0 Å². The first-order valence-electron chi connectivity index (χ1n) is 8.69. The van der Waals surface area contributed by atoms with Crippen molar-refractivity contribution in [2.24, 2.45) is 0 Å². The number of nitrogens with one attached hydrogen (secondary N) is 2. The summed E-state index contributed by atoms with van der Waals surface area (Å²) in [6.45, 7) is 2.41. The zero-order valence-corrected chi connectivity index (χ0v) is 16.3. The Labute approximate surface area is 163 Å². The number of hydrogen-bond donors (Lipinski definition) is 2. The highest BCUT2D eigenvalue weighted by Gasteiger charge is 2.14. The molecular formula is C20H23N5O3. The zero-order valence-electron chi connectivity index (χ0n) is 16.3. The summed E-state index contributed by atoms with van der Waals surface area (Å²) in [6.07, 6.45) is 1.76. The molecule has 0 aliphatic carbocycles. The van der Waals surface area contributed by atoms with E-state index in [1.165, 1.54) is 0 Å². The molecule has 28 heavy (non-hydrogen) atoms. The summed E-state index contributed by atoms with van der Waals surface area (Å²) in [5, 5.41) is 6.53. The maximum absolute atomic E-state index is 5.40. The van der Waals surface area contributed by atoms with Gasteiger partial charge in [-0.2, -0.15) is 0 Å². The number of hydrogen-bond acceptors (Lipinski definition) is 8. The van der Waals surface area contributed by atoms with E-state index in [0.29, 0.717) is 41.3 Å². The molecule has 2 N–H and O–H groups in total. The molecule has 0 aliphatic heterocycles. The Hall–Kier alpha value is -3.55. The van der Waals surface area contributed by atoms with E-state index in [4.69, 9.17) is 14.2 Å². The lowest BCUT2D eigenvalue weighted by molar-refractivity contribution is 0.324. The third-order valence-corrected chi connectivity index (χ3v) is 3.95. The van der Waals surface area contributed by atoms with Crippen molar-refractivity contribution < 1.29 is 14.2 Å². The van der Waals surface area contributed by atoms with Gasteiger partial charge in [-0.15, -0.1) is 0 Å². The number of aromatic nitrogens is 3. The molecule has 3 rings (SSSR count). The van der Waals surface area contributed by atoms with Gasteiger partial charge in [0.2, 0.25) is 5.75 Å². The molecule has 0 unspecified atom stereocenters. The minimum absolute atomic E-state index is 0.534. The molecule has 0 fully saturated rings. The van der Waals surface area contributed by atoms with Crippen molar-refractivity contribution in [2.75, 3.05) is 32.0 Å². The number of rotatable bonds is 8. The van der Waals surface area contributed by atoms with E-state index < -0.39 is 0 Å². The lowest BCUT2D eigenvalue weighted by atomic mass is 10.2. The van der Waals surface area contributed by atoms with Gasteiger partial charge in [0.15, 0.2) is 11.5 Å². The van der Waals surface area contributed by atoms with Crippen molar-refractivity contribution in [1.29, 1.82) is 0 Å². The summed E-state index contributed by atoms with van der Waals surface area (Å²) in [4.78, 5) is 13.2. The minimum Gasteiger partial charge on any atom is -0.493 e. The average Bonchev–Trinajstić information content (AvgIpc) is 2.71. The van der Waals surface area contributed by atoms with Gasteiger partial charge in [-0.05, 0) is 19.1 Å². The molecule has 8 heteroatoms. The number of ether oxygens (including phenoxy) is 3. The van der Waals surface area contributed by atoms with Crippen molar-refractivity contribution in [2.45, 2.75) is 13.5 Å². The van der Waals surface area contributed by atoms with Gasteiger partial charge in [-0.3, -0.25) is 4.98 Å². The van der Waals surface area contributed by atoms with E-state index in [9.17, 15) is 0 Å². The van der Waals surface area contributed by atoms with Crippen molar-refractivity contribution in [3.05, 3.63) is 54.1 Å². The quantitative estimate of drug-likeness (QED) is 0.612. The lowest BCUT2D eigenvalue weighted by Crippen LogP contribution is -2.06. The van der Waals surface area contributed by atoms with Crippen molar-refractivity contribution in [3.63, 3.8) is 0 Å². The third kappa shape index (κ3) is 4.59. The summed E-state index contributed by atoms with van der Waals surface area (Å²) >= 11 is 0. The summed E-state index contributed by atoms with van der Waals surface area (Å²) < 4.78 is 16.1. The fourth-order valence-electron chi connectivity index (χ4n) is 2.71. The molecule has 0 aliphatic rings. The standard InChI is InChI=1S/C20H23N5O3/c1-13-23-18(22-12-14-7-5-6-8-21-14)11-19(24-13)25-15-9-16(26-2)20(28-4)17(10-15)27-3/h5-11H,12H2,1-4H3,(H2,22,23,24,25). The first-order chi connectivity index (χ1) is 13.6. The van der Waals surface area contributed by atoms with Crippen molar-refractivity contribution >= 4 is 17.3 Å². The van der Waals surface area contributed by atoms with Gasteiger partial charge in [0, 0.05) is 30.1 Å². The van der Waals surface area contributed by atoms with Crippen LogP contribution < -0.4 is 24.8 Å². The molecule has 0 radical (unpaired) electrons. The molecule has 2 aromatic heterocycles. The summed E-state index contributed by atoms with van der Waals surface area (Å²) in [5.41, 5.74) is 1.68. The molecule has 1 aromatic carbocycles. The Kier molecular flexibility index (Phi) is 6.11. The van der Waals surface area contributed by atoms with E-state index in [0.717, 1.165) is 11.4 Å². The maximum atomic E-state index is 5.40. The SMILES string of the molecule is COc1cc(Nc2cc(NCc3ccccn3)nc(C)n2)cc(OC)c1OC. The van der Waals surface area contributed by atoms with Gasteiger partial charge in [-0.1, -0.05) is 6.07 Å². The van der Waals surface area contributed by atoms with Crippen LogP contribution in [0.5, 0.6) is 17.2 Å². The van der Waals surface area contributed by atoms with Crippen LogP contribution in [0.3, 0.4) is 0 Å². The van der Waals surface area contributed by atoms with Crippen LogP contribution in [0.15, 0.2) is 42.6 Å². The fraction of sp³-hybridized carbons (Fsp3) is 0.250. The van der Waals surface area contributed by atoms with E-state index in [2.05, 4.69) is 25.6 Å². The second-order valence-corrected chi connectivity index (χ2v) is 5.90. The molecule has 2 heterocycles. The Balaban J connectivity index is 1.81. The van der Waals surface area contributed by atoms with Gasteiger partial charge >= 0.3 is 0 Å². The molecule has 0 saturated carbocycles. The molecule has 8 nitrogen and oxygen atoms in total. The number of aryl methyl sites for hydroxylation is 1. The van der Waals surface area contributed by atoms with E-state index in [1.54, 1.807) is 27.5 Å². The molecule has 0 spiro atoms. The van der Waals surface area contributed by atoms with E-state index in [-0.39, 0.29) is 0 Å². The van der Waals surface area contributed by atoms with Crippen LogP contribution in [0.1, 0.15) is 11.5 Å². The van der Waals surface area contributed by atoms with Gasteiger partial charge in [0.25, 0.3) is 0 Å². The molecule has 0 atom stereocenters. The number of benzene rings is 1. The smallest absolute Gasteiger partial charge is 0.203 e. The second kappa shape index (κ2) is 8.90. The molecule has 146 valence electrons. The van der Waals surface area contributed by atoms with Gasteiger partial charge < -0.3 is 24.8 Å². The second-order valence-electron chi connectivity index (χ2n) is 5.90. The van der Waals surface area contributed by atoms with E-state index >= 15 is 0 Å². The summed E-state index contributed by atoms with van der Waals surface area (Å²) in [5.74, 6) is 3.64. The minimum atomic E-state index is 0.534. The molecule has 0 amide bonds. The Morgan fingerprint density at radius 2 is 1.61 bits per heavy atom. The highest BCUT2D eigenvalue weighted by atomic mass is 16.5. The van der Waals surface area contributed by atoms with Gasteiger partial charge in [0.1, 0.15) is 17.5 Å². The maximum Gasteiger partial charge on any atom is 0.203 e. The van der Waals surface area contributed by atoms with Crippen LogP contribution in [0.25, 0.3) is 0 Å². The first kappa shape index (κ1) is 19.2. The Bertz CT molecular complexity index is 909. The Morgan fingerprint density at radius 3 is 2.21 bits per heavy atom. The average molecular weight is 381 g/mol. The first-order valence-corrected chi connectivity index (χ1v) is 8.69. The molecule has 0 bridgehead atoms. The van der Waals surface area contributed by atoms with Crippen molar-refractivity contribution in [1.82, 2.24) is 15.0 Å². The summed E-state index contributed by atoms with van der Waals surface area (Å²) in [7, 11) is 4.73. The molecular weight excluding hydrogens is 358 g/mol. The highest BCUT2D eigenvalue weighted by molar-refractivity contribution is 5.67. The topological polar surface area (TPSA) is 90.4 Å². The highest BCUT2D eigenvalue weighted by Crippen LogP contribution is 2.40. The van der Waals surface area contributed by atoms with Gasteiger partial charge in [0.05, 0.1) is 33.6 Å². The van der Waals surface area contributed by atoms with Crippen LogP contribution in [0.2, 0.25) is 0 Å². The number of methoxy groups -OCH3 is 3. The number of anilines is 3. The van der Waals surface area contributed by atoms with Crippen LogP contribution in [-0.4, -0.2) is 36.3 Å². The monoisotopic (exact) mass is 381 g/mol. The van der Waals surface area contributed by atoms with E-state index in [1.807, 2.05) is 43.3 Å². The lowest BCUT2D eigenvalue weighted by Gasteiger charge is -2.15. The van der Waals surface area contributed by atoms with Crippen LogP contribution in [0, 0.1) is 6.92 Å². The van der Waals surface area contributed by atoms with Crippen LogP contribution in [-0.2, 0) is 6.54 Å². The largest absolute Gasteiger partial charge is 0.493 e. The van der Waals surface area contributed by atoms with Gasteiger partial charge in [-0.25, -0.2) is 9.97 Å². The molecule has 3 aromatic rings. The Morgan fingerprint density at radius 1 is 0.893 bits per heavy atom. The normalized spacial score (nSPS) is 10.3. The number of nitrogens with zero attached hydrogens (tertiary/aromatic N) is 3. The predicted molar refractivity (Wildman–Crippen MR) is 108 cm³/mol. The molecule has 0 saturated heterocycles. The zero-order chi connectivity index (χ0) is 19.9. The van der Waals surface area contributed by atoms with Crippen LogP contribution in [0.4, 0.5) is 17.3 Å². The summed E-state index contributed by atoms with van der Waals surface area (Å²) in [6, 6.07) is 11.3. The third-order valence-electron chi connectivity index (χ3n) is 3.95. The fourth-order valence-corrected chi connectivity index (χ4v) is 2.71.